The molecule has 1 aromatic heterocycles. The third-order valence-corrected chi connectivity index (χ3v) is 5.38. The van der Waals surface area contributed by atoms with E-state index in [2.05, 4.69) is 25.2 Å². The van der Waals surface area contributed by atoms with E-state index in [4.69, 9.17) is 14.7 Å². The lowest BCUT2D eigenvalue weighted by molar-refractivity contribution is -0.115. The van der Waals surface area contributed by atoms with Gasteiger partial charge in [-0.15, -0.1) is 0 Å². The van der Waals surface area contributed by atoms with Gasteiger partial charge in [0.15, 0.2) is 5.82 Å². The van der Waals surface area contributed by atoms with Crippen LogP contribution < -0.4 is 10.1 Å². The molecule has 0 aliphatic heterocycles. The van der Waals surface area contributed by atoms with Gasteiger partial charge in [0.1, 0.15) is 11.6 Å². The van der Waals surface area contributed by atoms with Crippen LogP contribution in [0.3, 0.4) is 0 Å². The average molecular weight is 420 g/mol. The largest absolute Gasteiger partial charge is 0.497 e. The molecule has 0 saturated carbocycles. The van der Waals surface area contributed by atoms with Gasteiger partial charge in [-0.25, -0.2) is 14.4 Å². The molecule has 0 fully saturated rings. The highest BCUT2D eigenvalue weighted by atomic mass is 19.1. The summed E-state index contributed by atoms with van der Waals surface area (Å²) in [7, 11) is 1.67. The van der Waals surface area contributed by atoms with Crippen LogP contribution in [0.1, 0.15) is 36.4 Å². The minimum Gasteiger partial charge on any atom is -0.497 e. The zero-order valence-electron chi connectivity index (χ0n) is 18.0. The van der Waals surface area contributed by atoms with Gasteiger partial charge < -0.3 is 10.1 Å². The minimum absolute atomic E-state index is 0.156. The van der Waals surface area contributed by atoms with Gasteiger partial charge >= 0.3 is 0 Å². The molecular formula is C25H26FN3O2. The number of benzene rings is 2. The Labute approximate surface area is 181 Å². The number of nitrogens with one attached hydrogen (secondary N) is 1. The molecule has 160 valence electrons. The maximum absolute atomic E-state index is 13.1. The molecule has 0 radical (unpaired) electrons. The summed E-state index contributed by atoms with van der Waals surface area (Å²) in [5, 5.41) is 2.95. The van der Waals surface area contributed by atoms with Crippen molar-refractivity contribution >= 4 is 11.7 Å². The number of aromatic nitrogens is 2. The van der Waals surface area contributed by atoms with Crippen LogP contribution in [0, 0.1) is 11.7 Å². The second-order valence-electron chi connectivity index (χ2n) is 8.29. The molecule has 0 saturated heterocycles. The first-order valence-electron chi connectivity index (χ1n) is 10.5. The number of ether oxygens (including phenoxy) is 1. The number of hydrogen-bond donors (Lipinski definition) is 1. The van der Waals surface area contributed by atoms with Gasteiger partial charge in [0, 0.05) is 5.56 Å². The SMILES string of the molecule is COc1ccc2c(c1)CCc1nc(NC(=O)Cc3ccc(F)cc3)c(CC(C)C)nc1-2. The highest BCUT2D eigenvalue weighted by Crippen LogP contribution is 2.35. The van der Waals surface area contributed by atoms with E-state index in [0.717, 1.165) is 46.8 Å². The predicted molar refractivity (Wildman–Crippen MR) is 119 cm³/mol. The van der Waals surface area contributed by atoms with Gasteiger partial charge in [0.05, 0.1) is 30.6 Å². The number of aryl methyl sites for hydroxylation is 2. The lowest BCUT2D eigenvalue weighted by Gasteiger charge is -2.22. The van der Waals surface area contributed by atoms with E-state index in [1.54, 1.807) is 19.2 Å². The maximum atomic E-state index is 13.1. The van der Waals surface area contributed by atoms with Crippen molar-refractivity contribution in [3.63, 3.8) is 0 Å². The second-order valence-corrected chi connectivity index (χ2v) is 8.29. The van der Waals surface area contributed by atoms with Crippen molar-refractivity contribution in [3.8, 4) is 17.0 Å². The number of rotatable bonds is 6. The number of anilines is 1. The molecule has 5 nitrogen and oxygen atoms in total. The number of nitrogens with zero attached hydrogens (tertiary/aromatic N) is 2. The Morgan fingerprint density at radius 2 is 1.90 bits per heavy atom. The van der Waals surface area contributed by atoms with Crippen molar-refractivity contribution in [2.75, 3.05) is 12.4 Å². The maximum Gasteiger partial charge on any atom is 0.229 e. The Bertz CT molecular complexity index is 1110. The molecule has 1 heterocycles. The molecule has 0 bridgehead atoms. The monoisotopic (exact) mass is 419 g/mol. The van der Waals surface area contributed by atoms with Crippen LogP contribution in [-0.2, 0) is 30.5 Å². The molecule has 3 aromatic rings. The van der Waals surface area contributed by atoms with E-state index >= 15 is 0 Å². The molecule has 1 aliphatic carbocycles. The van der Waals surface area contributed by atoms with Crippen molar-refractivity contribution in [3.05, 3.63) is 70.8 Å². The Morgan fingerprint density at radius 1 is 1.13 bits per heavy atom. The van der Waals surface area contributed by atoms with Crippen LogP contribution in [0.4, 0.5) is 10.2 Å². The smallest absolute Gasteiger partial charge is 0.229 e. The van der Waals surface area contributed by atoms with E-state index in [1.807, 2.05) is 12.1 Å². The lowest BCUT2D eigenvalue weighted by Crippen LogP contribution is -2.20. The first kappa shape index (κ1) is 21.0. The van der Waals surface area contributed by atoms with Crippen LogP contribution in [0.15, 0.2) is 42.5 Å². The quantitative estimate of drug-likeness (QED) is 0.625. The molecule has 6 heteroatoms. The molecule has 31 heavy (non-hydrogen) atoms. The second kappa shape index (κ2) is 8.84. The van der Waals surface area contributed by atoms with Gasteiger partial charge in [0.2, 0.25) is 5.91 Å². The van der Waals surface area contributed by atoms with Gasteiger partial charge in [-0.1, -0.05) is 26.0 Å². The number of methoxy groups -OCH3 is 1. The van der Waals surface area contributed by atoms with E-state index in [1.165, 1.54) is 17.7 Å². The number of carbonyl (C=O) groups excluding carboxylic acids is 1. The molecule has 0 spiro atoms. The molecule has 1 aliphatic rings. The summed E-state index contributed by atoms with van der Waals surface area (Å²) in [5.74, 6) is 1.21. The first-order valence-corrected chi connectivity index (χ1v) is 10.5. The molecule has 0 unspecified atom stereocenters. The number of fused-ring (bicyclic) bond motifs is 3. The van der Waals surface area contributed by atoms with Crippen LogP contribution in [0.25, 0.3) is 11.3 Å². The van der Waals surface area contributed by atoms with Gasteiger partial charge in [-0.3, -0.25) is 4.79 Å². The predicted octanol–water partition coefficient (Wildman–Crippen LogP) is 4.77. The summed E-state index contributed by atoms with van der Waals surface area (Å²) in [6.07, 6.45) is 2.46. The van der Waals surface area contributed by atoms with Crippen LogP contribution in [-0.4, -0.2) is 23.0 Å². The fourth-order valence-corrected chi connectivity index (χ4v) is 3.88. The van der Waals surface area contributed by atoms with Crippen LogP contribution in [0.5, 0.6) is 5.75 Å². The summed E-state index contributed by atoms with van der Waals surface area (Å²) >= 11 is 0. The molecule has 1 N–H and O–H groups in total. The van der Waals surface area contributed by atoms with Crippen molar-refractivity contribution in [1.29, 1.82) is 0 Å². The molecule has 0 atom stereocenters. The highest BCUT2D eigenvalue weighted by molar-refractivity contribution is 5.92. The average Bonchev–Trinajstić information content (AvgIpc) is 2.75. The number of halogens is 1. The van der Waals surface area contributed by atoms with Gasteiger partial charge in [-0.2, -0.15) is 0 Å². The van der Waals surface area contributed by atoms with E-state index < -0.39 is 0 Å². The minimum atomic E-state index is -0.318. The van der Waals surface area contributed by atoms with Crippen LogP contribution in [0.2, 0.25) is 0 Å². The fourth-order valence-electron chi connectivity index (χ4n) is 3.88. The van der Waals surface area contributed by atoms with Crippen molar-refractivity contribution in [2.24, 2.45) is 5.92 Å². The summed E-state index contributed by atoms with van der Waals surface area (Å²) in [5.41, 5.74) is 5.58. The number of carbonyl (C=O) groups is 1. The summed E-state index contributed by atoms with van der Waals surface area (Å²) in [6.45, 7) is 4.23. The standard InChI is InChI=1S/C25H26FN3O2/c1-15(2)12-22-25(29-23(30)13-16-4-7-18(26)8-5-16)28-21-11-6-17-14-19(31-3)9-10-20(17)24(21)27-22/h4-5,7-10,14-15H,6,11-13H2,1-3H3,(H,28,29,30). The molecule has 2 aromatic carbocycles. The topological polar surface area (TPSA) is 64.1 Å². The Morgan fingerprint density at radius 3 is 2.61 bits per heavy atom. The van der Waals surface area contributed by atoms with Crippen molar-refractivity contribution in [2.45, 2.75) is 39.5 Å². The van der Waals surface area contributed by atoms with Crippen LogP contribution >= 0.6 is 0 Å². The molecule has 1 amide bonds. The highest BCUT2D eigenvalue weighted by Gasteiger charge is 2.23. The van der Waals surface area contributed by atoms with E-state index in [0.29, 0.717) is 18.2 Å². The summed E-state index contributed by atoms with van der Waals surface area (Å²) in [6, 6.07) is 12.0. The number of amides is 1. The molecular weight excluding hydrogens is 393 g/mol. The van der Waals surface area contributed by atoms with Gasteiger partial charge in [-0.05, 0) is 66.6 Å². The zero-order chi connectivity index (χ0) is 22.0. The fraction of sp³-hybridized carbons (Fsp3) is 0.320. The summed E-state index contributed by atoms with van der Waals surface area (Å²) in [4.78, 5) is 22.4. The first-order chi connectivity index (χ1) is 14.9. The normalized spacial score (nSPS) is 12.3. The summed E-state index contributed by atoms with van der Waals surface area (Å²) < 4.78 is 18.5. The Balaban J connectivity index is 1.65. The molecule has 4 rings (SSSR count). The van der Waals surface area contributed by atoms with E-state index in [9.17, 15) is 9.18 Å². The van der Waals surface area contributed by atoms with E-state index in [-0.39, 0.29) is 18.1 Å². The Kier molecular flexibility index (Phi) is 5.98. The zero-order valence-corrected chi connectivity index (χ0v) is 18.0. The van der Waals surface area contributed by atoms with Crippen molar-refractivity contribution in [1.82, 2.24) is 9.97 Å². The van der Waals surface area contributed by atoms with Crippen molar-refractivity contribution < 1.29 is 13.9 Å². The third-order valence-electron chi connectivity index (χ3n) is 5.38. The third kappa shape index (κ3) is 4.74. The lowest BCUT2D eigenvalue weighted by atomic mass is 9.91. The number of hydrogen-bond acceptors (Lipinski definition) is 4. The van der Waals surface area contributed by atoms with Gasteiger partial charge in [0.25, 0.3) is 0 Å². The Hall–Kier alpha value is -3.28.